The van der Waals surface area contributed by atoms with Crippen LogP contribution in [0.2, 0.25) is 0 Å². The minimum absolute atomic E-state index is 0.104. The molecule has 0 aromatic rings. The summed E-state index contributed by atoms with van der Waals surface area (Å²) in [5, 5.41) is 10.6. The summed E-state index contributed by atoms with van der Waals surface area (Å²) in [6, 6.07) is 0. The summed E-state index contributed by atoms with van der Waals surface area (Å²) in [4.78, 5) is 72.3. The van der Waals surface area contributed by atoms with Gasteiger partial charge in [0.25, 0.3) is 0 Å². The van der Waals surface area contributed by atoms with Crippen molar-refractivity contribution < 1.29 is 80.2 Å². The fourth-order valence-corrected chi connectivity index (χ4v) is 12.4. The van der Waals surface area contributed by atoms with Crippen LogP contribution in [0.5, 0.6) is 0 Å². The Kier molecular flexibility index (Phi) is 61.5. The highest BCUT2D eigenvalue weighted by atomic mass is 31.2. The van der Waals surface area contributed by atoms with Gasteiger partial charge in [-0.15, -0.1) is 0 Å². The van der Waals surface area contributed by atoms with Gasteiger partial charge in [-0.1, -0.05) is 312 Å². The molecule has 0 spiro atoms. The second-order valence-corrected chi connectivity index (χ2v) is 29.6. The Hall–Kier alpha value is -1.94. The van der Waals surface area contributed by atoms with Crippen LogP contribution >= 0.6 is 15.6 Å². The van der Waals surface area contributed by atoms with Gasteiger partial charge in [0.1, 0.15) is 19.3 Å². The maximum atomic E-state index is 13.0. The van der Waals surface area contributed by atoms with Crippen LogP contribution in [-0.4, -0.2) is 96.7 Å². The average molecular weight is 1340 g/mol. The first-order chi connectivity index (χ1) is 43.8. The molecule has 540 valence electrons. The molecule has 0 saturated heterocycles. The lowest BCUT2D eigenvalue weighted by molar-refractivity contribution is -0.161. The standard InChI is InChI=1S/C72H140O17P2/c1-8-12-13-36-46-53-69(74)82-59-67(88-72(77)56-49-42-35-29-27-32-39-45-52-65(7)11-4)61-86-90(78,79)84-57-66(73)58-85-91(80,81)87-62-68(60-83-70(75)54-47-40-33-28-26-31-38-44-51-64(6)10-3)89-71(76)55-48-41-34-25-23-21-19-17-15-14-16-18-20-22-24-30-37-43-50-63(5)9-2/h63-68,73H,8-62H2,1-7H3,(H,78,79)(H,80,81)/t63?,64?,65?,66-,67+,68+/m0/s1. The molecule has 0 aliphatic carbocycles. The Balaban J connectivity index is 5.11. The molecule has 0 fully saturated rings. The van der Waals surface area contributed by atoms with Crippen LogP contribution in [-0.2, 0) is 65.4 Å². The first-order valence-corrected chi connectivity index (χ1v) is 40.5. The van der Waals surface area contributed by atoms with E-state index in [1.165, 1.54) is 167 Å². The number of carbonyl (C=O) groups is 4. The number of hydrogen-bond acceptors (Lipinski definition) is 15. The highest BCUT2D eigenvalue weighted by molar-refractivity contribution is 7.47. The average Bonchev–Trinajstić information content (AvgIpc) is 3.60. The van der Waals surface area contributed by atoms with Crippen LogP contribution in [0.25, 0.3) is 0 Å². The van der Waals surface area contributed by atoms with E-state index in [2.05, 4.69) is 48.5 Å². The molecule has 0 aliphatic rings. The van der Waals surface area contributed by atoms with Crippen molar-refractivity contribution in [2.24, 2.45) is 17.8 Å². The molecule has 0 heterocycles. The number of esters is 4. The van der Waals surface area contributed by atoms with Crippen molar-refractivity contribution >= 4 is 39.5 Å². The van der Waals surface area contributed by atoms with E-state index >= 15 is 0 Å². The van der Waals surface area contributed by atoms with Crippen molar-refractivity contribution in [2.75, 3.05) is 39.6 Å². The minimum atomic E-state index is -4.95. The number of hydrogen-bond donors (Lipinski definition) is 3. The number of carbonyl (C=O) groups excluding carboxylic acids is 4. The van der Waals surface area contributed by atoms with Gasteiger partial charge in [-0.2, -0.15) is 0 Å². The van der Waals surface area contributed by atoms with Crippen molar-refractivity contribution in [1.82, 2.24) is 0 Å². The van der Waals surface area contributed by atoms with Gasteiger partial charge >= 0.3 is 39.5 Å². The monoisotopic (exact) mass is 1340 g/mol. The van der Waals surface area contributed by atoms with Crippen molar-refractivity contribution in [2.45, 2.75) is 381 Å². The molecule has 3 N–H and O–H groups in total. The van der Waals surface area contributed by atoms with Crippen molar-refractivity contribution in [1.29, 1.82) is 0 Å². The van der Waals surface area contributed by atoms with E-state index in [-0.39, 0.29) is 25.7 Å². The summed E-state index contributed by atoms with van der Waals surface area (Å²) in [7, 11) is -9.89. The molecule has 91 heavy (non-hydrogen) atoms. The molecular formula is C72H140O17P2. The molecule has 0 aliphatic heterocycles. The number of rotatable bonds is 70. The maximum absolute atomic E-state index is 13.0. The molecule has 0 radical (unpaired) electrons. The zero-order valence-corrected chi connectivity index (χ0v) is 61.1. The number of phosphoric acid groups is 2. The first-order valence-electron chi connectivity index (χ1n) is 37.5. The highest BCUT2D eigenvalue weighted by Crippen LogP contribution is 2.45. The van der Waals surface area contributed by atoms with Gasteiger partial charge in [0.15, 0.2) is 12.2 Å². The zero-order valence-electron chi connectivity index (χ0n) is 59.3. The smallest absolute Gasteiger partial charge is 0.462 e. The first kappa shape index (κ1) is 89.1. The lowest BCUT2D eigenvalue weighted by Gasteiger charge is -2.21. The summed E-state index contributed by atoms with van der Waals surface area (Å²) < 4.78 is 68.1. The van der Waals surface area contributed by atoms with Crippen molar-refractivity contribution in [3.8, 4) is 0 Å². The van der Waals surface area contributed by atoms with E-state index in [0.717, 1.165) is 114 Å². The van der Waals surface area contributed by atoms with Crippen molar-refractivity contribution in [3.63, 3.8) is 0 Å². The SMILES string of the molecule is CCCCCCCC(=O)OC[C@H](COP(=O)(O)OC[C@H](O)COP(=O)(O)OC[C@@H](COC(=O)CCCCCCCCCCC(C)CC)OC(=O)CCCCCCCCCCCCCCCCCCCCC(C)CC)OC(=O)CCCCCCCCCCC(C)CC. The second-order valence-electron chi connectivity index (χ2n) is 26.7. The van der Waals surface area contributed by atoms with E-state index < -0.39 is 97.5 Å². The van der Waals surface area contributed by atoms with Crippen LogP contribution in [0.3, 0.4) is 0 Å². The summed E-state index contributed by atoms with van der Waals surface area (Å²) >= 11 is 0. The molecule has 0 bridgehead atoms. The normalized spacial score (nSPS) is 15.1. The van der Waals surface area contributed by atoms with Gasteiger partial charge in [-0.3, -0.25) is 37.3 Å². The highest BCUT2D eigenvalue weighted by Gasteiger charge is 2.30. The van der Waals surface area contributed by atoms with Crippen LogP contribution in [0.1, 0.15) is 363 Å². The molecule has 5 unspecified atom stereocenters. The Morgan fingerprint density at radius 1 is 0.308 bits per heavy atom. The third-order valence-electron chi connectivity index (χ3n) is 17.7. The van der Waals surface area contributed by atoms with E-state index in [1.54, 1.807) is 0 Å². The lowest BCUT2D eigenvalue weighted by atomic mass is 9.99. The van der Waals surface area contributed by atoms with Gasteiger partial charge in [-0.05, 0) is 43.4 Å². The van der Waals surface area contributed by atoms with Gasteiger partial charge in [0, 0.05) is 25.7 Å². The van der Waals surface area contributed by atoms with Crippen LogP contribution in [0, 0.1) is 17.8 Å². The summed E-state index contributed by atoms with van der Waals surface area (Å²) in [6.07, 6.45) is 47.6. The predicted octanol–water partition coefficient (Wildman–Crippen LogP) is 20.6. The Labute approximate surface area is 556 Å². The molecule has 0 saturated carbocycles. The van der Waals surface area contributed by atoms with Crippen molar-refractivity contribution in [3.05, 3.63) is 0 Å². The topological polar surface area (TPSA) is 237 Å². The third kappa shape index (κ3) is 62.6. The number of aliphatic hydroxyl groups is 1. The third-order valence-corrected chi connectivity index (χ3v) is 19.6. The summed E-state index contributed by atoms with van der Waals surface area (Å²) in [6.45, 7) is 11.8. The maximum Gasteiger partial charge on any atom is 0.472 e. The van der Waals surface area contributed by atoms with E-state index in [1.807, 2.05) is 0 Å². The molecular weight excluding hydrogens is 1200 g/mol. The van der Waals surface area contributed by atoms with E-state index in [4.69, 9.17) is 37.0 Å². The fraction of sp³-hybridized carbons (Fsp3) is 0.944. The molecule has 17 nitrogen and oxygen atoms in total. The van der Waals surface area contributed by atoms with Gasteiger partial charge in [0.2, 0.25) is 0 Å². The van der Waals surface area contributed by atoms with Crippen LogP contribution < -0.4 is 0 Å². The second kappa shape index (κ2) is 62.8. The molecule has 0 amide bonds. The minimum Gasteiger partial charge on any atom is -0.462 e. The van der Waals surface area contributed by atoms with Gasteiger partial charge in [-0.25, -0.2) is 9.13 Å². The Morgan fingerprint density at radius 3 is 0.780 bits per heavy atom. The molecule has 8 atom stereocenters. The number of unbranched alkanes of at least 4 members (excludes halogenated alkanes) is 35. The molecule has 0 rings (SSSR count). The number of aliphatic hydroxyl groups excluding tert-OH is 1. The molecule has 0 aromatic heterocycles. The van der Waals surface area contributed by atoms with E-state index in [0.29, 0.717) is 25.7 Å². The fourth-order valence-electron chi connectivity index (χ4n) is 10.8. The largest absolute Gasteiger partial charge is 0.472 e. The Morgan fingerprint density at radius 2 is 0.527 bits per heavy atom. The lowest BCUT2D eigenvalue weighted by Crippen LogP contribution is -2.30. The number of phosphoric ester groups is 2. The predicted molar refractivity (Wildman–Crippen MR) is 368 cm³/mol. The quantitative estimate of drug-likeness (QED) is 0.0222. The van der Waals surface area contributed by atoms with Gasteiger partial charge < -0.3 is 33.8 Å². The van der Waals surface area contributed by atoms with E-state index in [9.17, 15) is 43.2 Å². The zero-order chi connectivity index (χ0) is 67.3. The number of ether oxygens (including phenoxy) is 4. The van der Waals surface area contributed by atoms with Crippen LogP contribution in [0.15, 0.2) is 0 Å². The summed E-state index contributed by atoms with van der Waals surface area (Å²) in [5.74, 6) is 0.281. The molecule has 19 heteroatoms. The van der Waals surface area contributed by atoms with Gasteiger partial charge in [0.05, 0.1) is 26.4 Å². The van der Waals surface area contributed by atoms with Crippen LogP contribution in [0.4, 0.5) is 0 Å². The molecule has 0 aromatic carbocycles. The Bertz CT molecular complexity index is 1790. The summed E-state index contributed by atoms with van der Waals surface area (Å²) in [5.41, 5.74) is 0.